The molecule has 0 radical (unpaired) electrons. The van der Waals surface area contributed by atoms with Crippen LogP contribution in [0.25, 0.3) is 0 Å². The molecule has 0 amide bonds. The Morgan fingerprint density at radius 3 is 2.91 bits per heavy atom. The summed E-state index contributed by atoms with van der Waals surface area (Å²) in [6.45, 7) is 0. The summed E-state index contributed by atoms with van der Waals surface area (Å²) in [7, 11) is 1.49. The number of hydrogen-bond donors (Lipinski definition) is 1. The van der Waals surface area contributed by atoms with Crippen LogP contribution < -0.4 is 0 Å². The highest BCUT2D eigenvalue weighted by molar-refractivity contribution is 5.56. The van der Waals surface area contributed by atoms with Crippen LogP contribution in [-0.4, -0.2) is 37.0 Å². The molecular formula is C7H12O4. The van der Waals surface area contributed by atoms with Crippen LogP contribution in [-0.2, 0) is 14.3 Å². The molecule has 4 heteroatoms. The third kappa shape index (κ3) is 2.25. The first-order chi connectivity index (χ1) is 5.26. The highest BCUT2D eigenvalue weighted by Crippen LogP contribution is 2.18. The SMILES string of the molecule is COC1C[C@H](O)C[C@@H](C=O)O1. The highest BCUT2D eigenvalue weighted by Gasteiger charge is 2.27. The molecule has 0 saturated carbocycles. The lowest BCUT2D eigenvalue weighted by Gasteiger charge is -2.29. The molecule has 1 aliphatic rings. The second kappa shape index (κ2) is 3.80. The molecule has 4 nitrogen and oxygen atoms in total. The summed E-state index contributed by atoms with van der Waals surface area (Å²) >= 11 is 0. The van der Waals surface area contributed by atoms with Gasteiger partial charge in [0.2, 0.25) is 0 Å². The van der Waals surface area contributed by atoms with Crippen molar-refractivity contribution in [1.82, 2.24) is 0 Å². The molecule has 1 rings (SSSR count). The van der Waals surface area contributed by atoms with E-state index in [4.69, 9.17) is 9.47 Å². The van der Waals surface area contributed by atoms with Crippen molar-refractivity contribution in [1.29, 1.82) is 0 Å². The molecule has 0 aromatic heterocycles. The van der Waals surface area contributed by atoms with E-state index in [9.17, 15) is 9.90 Å². The van der Waals surface area contributed by atoms with Crippen molar-refractivity contribution < 1.29 is 19.4 Å². The third-order valence-electron chi connectivity index (χ3n) is 1.71. The van der Waals surface area contributed by atoms with E-state index in [1.165, 1.54) is 7.11 Å². The molecule has 1 saturated heterocycles. The van der Waals surface area contributed by atoms with Gasteiger partial charge in [-0.15, -0.1) is 0 Å². The third-order valence-corrected chi connectivity index (χ3v) is 1.71. The second-order valence-corrected chi connectivity index (χ2v) is 2.60. The van der Waals surface area contributed by atoms with Crippen LogP contribution in [0.1, 0.15) is 12.8 Å². The van der Waals surface area contributed by atoms with Gasteiger partial charge in [-0.3, -0.25) is 0 Å². The van der Waals surface area contributed by atoms with E-state index in [0.717, 1.165) is 0 Å². The van der Waals surface area contributed by atoms with Gasteiger partial charge < -0.3 is 19.4 Å². The van der Waals surface area contributed by atoms with Gasteiger partial charge in [0.05, 0.1) is 6.10 Å². The lowest BCUT2D eigenvalue weighted by Crippen LogP contribution is -2.37. The van der Waals surface area contributed by atoms with Crippen LogP contribution in [0.15, 0.2) is 0 Å². The summed E-state index contributed by atoms with van der Waals surface area (Å²) in [6, 6.07) is 0. The minimum atomic E-state index is -0.510. The van der Waals surface area contributed by atoms with Crippen LogP contribution in [0.4, 0.5) is 0 Å². The lowest BCUT2D eigenvalue weighted by atomic mass is 10.1. The fraction of sp³-hybridized carbons (Fsp3) is 0.857. The maximum Gasteiger partial charge on any atom is 0.160 e. The molecule has 1 N–H and O–H groups in total. The quantitative estimate of drug-likeness (QED) is 0.563. The van der Waals surface area contributed by atoms with E-state index in [1.807, 2.05) is 0 Å². The normalized spacial score (nSPS) is 38.5. The first kappa shape index (κ1) is 8.64. The maximum absolute atomic E-state index is 10.3. The molecule has 1 unspecified atom stereocenters. The molecule has 11 heavy (non-hydrogen) atoms. The lowest BCUT2D eigenvalue weighted by molar-refractivity contribution is -0.199. The van der Waals surface area contributed by atoms with Crippen molar-refractivity contribution in [3.05, 3.63) is 0 Å². The van der Waals surface area contributed by atoms with E-state index in [-0.39, 0.29) is 0 Å². The van der Waals surface area contributed by atoms with Gasteiger partial charge >= 0.3 is 0 Å². The van der Waals surface area contributed by atoms with Crippen molar-refractivity contribution >= 4 is 6.29 Å². The number of aliphatic hydroxyl groups is 1. The average molecular weight is 160 g/mol. The predicted octanol–water partition coefficient (Wildman–Crippen LogP) is -0.302. The number of carbonyl (C=O) groups excluding carboxylic acids is 1. The fourth-order valence-electron chi connectivity index (χ4n) is 1.13. The minimum Gasteiger partial charge on any atom is -0.393 e. The molecule has 64 valence electrons. The number of rotatable bonds is 2. The van der Waals surface area contributed by atoms with E-state index < -0.39 is 18.5 Å². The monoisotopic (exact) mass is 160 g/mol. The topological polar surface area (TPSA) is 55.8 Å². The van der Waals surface area contributed by atoms with Gasteiger partial charge in [-0.05, 0) is 0 Å². The molecule has 0 aliphatic carbocycles. The van der Waals surface area contributed by atoms with Crippen LogP contribution in [0.2, 0.25) is 0 Å². The first-order valence-corrected chi connectivity index (χ1v) is 3.58. The van der Waals surface area contributed by atoms with Crippen molar-refractivity contribution in [3.63, 3.8) is 0 Å². The zero-order valence-corrected chi connectivity index (χ0v) is 6.40. The van der Waals surface area contributed by atoms with Crippen LogP contribution in [0.5, 0.6) is 0 Å². The predicted molar refractivity (Wildman–Crippen MR) is 37.0 cm³/mol. The first-order valence-electron chi connectivity index (χ1n) is 3.58. The van der Waals surface area contributed by atoms with Gasteiger partial charge in [-0.1, -0.05) is 0 Å². The summed E-state index contributed by atoms with van der Waals surface area (Å²) in [6.07, 6.45) is 0.0834. The number of carbonyl (C=O) groups is 1. The number of aliphatic hydroxyl groups excluding tert-OH is 1. The number of hydrogen-bond acceptors (Lipinski definition) is 4. The van der Waals surface area contributed by atoms with Crippen molar-refractivity contribution in [3.8, 4) is 0 Å². The summed E-state index contributed by atoms with van der Waals surface area (Å²) in [5, 5.41) is 9.19. The Balaban J connectivity index is 2.43. The van der Waals surface area contributed by atoms with Gasteiger partial charge in [0.25, 0.3) is 0 Å². The van der Waals surface area contributed by atoms with Gasteiger partial charge in [-0.2, -0.15) is 0 Å². The Morgan fingerprint density at radius 1 is 1.64 bits per heavy atom. The molecule has 0 spiro atoms. The highest BCUT2D eigenvalue weighted by atomic mass is 16.7. The number of aldehydes is 1. The summed E-state index contributed by atoms with van der Waals surface area (Å²) in [5.74, 6) is 0. The zero-order valence-electron chi connectivity index (χ0n) is 6.40. The van der Waals surface area contributed by atoms with Gasteiger partial charge in [0, 0.05) is 20.0 Å². The minimum absolute atomic E-state index is 0.378. The van der Waals surface area contributed by atoms with Gasteiger partial charge in [0.1, 0.15) is 12.4 Å². The van der Waals surface area contributed by atoms with Crippen LogP contribution in [0, 0.1) is 0 Å². The molecule has 0 bridgehead atoms. The summed E-state index contributed by atoms with van der Waals surface area (Å²) in [5.41, 5.74) is 0. The Kier molecular flexibility index (Phi) is 2.99. The Morgan fingerprint density at radius 2 is 2.36 bits per heavy atom. The van der Waals surface area contributed by atoms with Crippen molar-refractivity contribution in [2.24, 2.45) is 0 Å². The Bertz CT molecular complexity index is 136. The molecule has 0 aromatic rings. The maximum atomic E-state index is 10.3. The molecule has 3 atom stereocenters. The fourth-order valence-corrected chi connectivity index (χ4v) is 1.13. The summed E-state index contributed by atoms with van der Waals surface area (Å²) in [4.78, 5) is 10.3. The van der Waals surface area contributed by atoms with Gasteiger partial charge in [-0.25, -0.2) is 0 Å². The smallest absolute Gasteiger partial charge is 0.160 e. The largest absolute Gasteiger partial charge is 0.393 e. The van der Waals surface area contributed by atoms with E-state index >= 15 is 0 Å². The number of ether oxygens (including phenoxy) is 2. The molecule has 1 aliphatic heterocycles. The summed E-state index contributed by atoms with van der Waals surface area (Å²) < 4.78 is 9.96. The molecule has 1 fully saturated rings. The zero-order chi connectivity index (χ0) is 8.27. The van der Waals surface area contributed by atoms with Crippen LogP contribution in [0.3, 0.4) is 0 Å². The second-order valence-electron chi connectivity index (χ2n) is 2.60. The van der Waals surface area contributed by atoms with Crippen molar-refractivity contribution in [2.75, 3.05) is 7.11 Å². The number of methoxy groups -OCH3 is 1. The van der Waals surface area contributed by atoms with E-state index in [2.05, 4.69) is 0 Å². The van der Waals surface area contributed by atoms with Crippen LogP contribution >= 0.6 is 0 Å². The van der Waals surface area contributed by atoms with Gasteiger partial charge in [0.15, 0.2) is 6.29 Å². The molecule has 1 heterocycles. The molecular weight excluding hydrogens is 148 g/mol. The molecule has 0 aromatic carbocycles. The Labute approximate surface area is 65.1 Å². The standard InChI is InChI=1S/C7H12O4/c1-10-7-3-5(9)2-6(4-8)11-7/h4-7,9H,2-3H2,1H3/t5-,6+,7?/m1/s1. The Hall–Kier alpha value is -0.450. The average Bonchev–Trinajstić information content (AvgIpc) is 2.03. The van der Waals surface area contributed by atoms with Crippen molar-refractivity contribution in [2.45, 2.75) is 31.3 Å². The van der Waals surface area contributed by atoms with E-state index in [1.54, 1.807) is 0 Å². The van der Waals surface area contributed by atoms with E-state index in [0.29, 0.717) is 19.1 Å².